The van der Waals surface area contributed by atoms with Gasteiger partial charge < -0.3 is 29.4 Å². The highest BCUT2D eigenvalue weighted by molar-refractivity contribution is 7.52. The molecule has 0 aromatic heterocycles. The predicted octanol–water partition coefficient (Wildman–Crippen LogP) is 0.552. The van der Waals surface area contributed by atoms with Crippen molar-refractivity contribution in [1.29, 1.82) is 0 Å². The highest BCUT2D eigenvalue weighted by Gasteiger charge is 2.39. The normalized spacial score (nSPS) is 28.6. The van der Waals surface area contributed by atoms with Crippen molar-refractivity contribution >= 4 is 22.8 Å². The Hall–Kier alpha value is 0.450. The van der Waals surface area contributed by atoms with Crippen LogP contribution in [0.4, 0.5) is 0 Å². The molecule has 0 spiro atoms. The fraction of sp³-hybridized carbons (Fsp3) is 1.00. The van der Waals surface area contributed by atoms with Gasteiger partial charge in [-0.15, -0.1) is 0 Å². The van der Waals surface area contributed by atoms with Crippen LogP contribution in [-0.2, 0) is 13.7 Å². The molecule has 0 amide bonds. The molecule has 0 saturated heterocycles. The molecule has 1 aliphatic rings. The van der Waals surface area contributed by atoms with Crippen molar-refractivity contribution < 1.29 is 43.1 Å². The molecule has 2 unspecified atom stereocenters. The van der Waals surface area contributed by atoms with Gasteiger partial charge in [-0.3, -0.25) is 13.7 Å². The summed E-state index contributed by atoms with van der Waals surface area (Å²) in [6.45, 7) is 0. The van der Waals surface area contributed by atoms with E-state index in [2.05, 4.69) is 0 Å². The zero-order valence-corrected chi connectivity index (χ0v) is 13.9. The van der Waals surface area contributed by atoms with E-state index in [0.29, 0.717) is 12.8 Å². The molecule has 1 saturated carbocycles. The van der Waals surface area contributed by atoms with Crippen molar-refractivity contribution in [3.05, 3.63) is 0 Å². The molecule has 21 heavy (non-hydrogen) atoms. The van der Waals surface area contributed by atoms with E-state index in [9.17, 15) is 13.7 Å². The van der Waals surface area contributed by atoms with E-state index in [1.165, 1.54) is 0 Å². The van der Waals surface area contributed by atoms with E-state index in [-0.39, 0.29) is 12.6 Å². The van der Waals surface area contributed by atoms with Crippen LogP contribution >= 0.6 is 22.8 Å². The van der Waals surface area contributed by atoms with Gasteiger partial charge in [-0.05, 0) is 37.0 Å². The summed E-state index contributed by atoms with van der Waals surface area (Å²) in [5.74, 6) is -1.59. The third-order valence-corrected chi connectivity index (χ3v) is 6.57. The monoisotopic (exact) mass is 366 g/mol. The molecule has 0 radical (unpaired) electrons. The minimum Gasteiger partial charge on any atom is -0.324 e. The van der Waals surface area contributed by atoms with Gasteiger partial charge in [0.25, 0.3) is 0 Å². The maximum Gasteiger partial charge on any atom is 0.325 e. The highest BCUT2D eigenvalue weighted by atomic mass is 31.2. The van der Waals surface area contributed by atoms with Crippen LogP contribution in [0.5, 0.6) is 0 Å². The van der Waals surface area contributed by atoms with E-state index in [1.807, 2.05) is 0 Å². The summed E-state index contributed by atoms with van der Waals surface area (Å²) in [5, 5.41) is 0. The summed E-state index contributed by atoms with van der Waals surface area (Å²) in [4.78, 5) is 54.1. The molecule has 1 rings (SSSR count). The lowest BCUT2D eigenvalue weighted by Gasteiger charge is -2.36. The van der Waals surface area contributed by atoms with Crippen molar-refractivity contribution in [3.63, 3.8) is 0 Å². The average Bonchev–Trinajstić information content (AvgIpc) is 2.15. The highest BCUT2D eigenvalue weighted by Crippen LogP contribution is 2.51. The van der Waals surface area contributed by atoms with E-state index in [1.54, 1.807) is 0 Å². The smallest absolute Gasteiger partial charge is 0.324 e. The molecular formula is C9H21O9P3. The zero-order valence-electron chi connectivity index (χ0n) is 11.2. The maximum atomic E-state index is 11.1. The lowest BCUT2D eigenvalue weighted by Crippen LogP contribution is -2.31. The van der Waals surface area contributed by atoms with Crippen molar-refractivity contribution in [2.45, 2.75) is 19.3 Å². The Labute approximate surface area is 122 Å². The molecule has 3 atom stereocenters. The third kappa shape index (κ3) is 8.60. The Morgan fingerprint density at radius 1 is 0.667 bits per heavy atom. The fourth-order valence-corrected chi connectivity index (χ4v) is 6.16. The van der Waals surface area contributed by atoms with Gasteiger partial charge in [0.15, 0.2) is 0 Å². The third-order valence-electron chi connectivity index (χ3n) is 3.69. The molecule has 0 bridgehead atoms. The second-order valence-corrected chi connectivity index (χ2v) is 10.8. The molecule has 9 nitrogen and oxygen atoms in total. The molecular weight excluding hydrogens is 345 g/mol. The standard InChI is InChI=1S/C9H21O9P3/c10-19(11,12)4-7-1-2-8(5-20(13,14)15)9(3-7)6-21(16,17)18/h7-9H,1-6H2,(H2,10,11,12)(H2,13,14,15)(H2,16,17,18)/t7?,8?,9-/m0/s1. The molecule has 1 fully saturated rings. The van der Waals surface area contributed by atoms with Crippen molar-refractivity contribution in [2.75, 3.05) is 18.5 Å². The van der Waals surface area contributed by atoms with Gasteiger partial charge >= 0.3 is 22.8 Å². The molecule has 0 aromatic rings. The summed E-state index contributed by atoms with van der Waals surface area (Å²) < 4.78 is 33.3. The lowest BCUT2D eigenvalue weighted by atomic mass is 9.76. The maximum absolute atomic E-state index is 11.1. The van der Waals surface area contributed by atoms with Crippen LogP contribution in [0.25, 0.3) is 0 Å². The van der Waals surface area contributed by atoms with Gasteiger partial charge in [0.1, 0.15) is 0 Å². The molecule has 1 aliphatic carbocycles. The van der Waals surface area contributed by atoms with Crippen molar-refractivity contribution in [1.82, 2.24) is 0 Å². The van der Waals surface area contributed by atoms with E-state index >= 15 is 0 Å². The predicted molar refractivity (Wildman–Crippen MR) is 75.1 cm³/mol. The van der Waals surface area contributed by atoms with E-state index in [4.69, 9.17) is 29.4 Å². The molecule has 126 valence electrons. The van der Waals surface area contributed by atoms with Crippen LogP contribution in [0.3, 0.4) is 0 Å². The summed E-state index contributed by atoms with van der Waals surface area (Å²) >= 11 is 0. The first kappa shape index (κ1) is 19.5. The first-order chi connectivity index (χ1) is 9.25. The van der Waals surface area contributed by atoms with Crippen LogP contribution in [0.15, 0.2) is 0 Å². The van der Waals surface area contributed by atoms with Crippen LogP contribution in [-0.4, -0.2) is 47.8 Å². The molecule has 0 heterocycles. The number of hydrogen-bond donors (Lipinski definition) is 6. The van der Waals surface area contributed by atoms with Crippen LogP contribution in [0.1, 0.15) is 19.3 Å². The van der Waals surface area contributed by atoms with Gasteiger partial charge in [0.05, 0.1) is 18.5 Å². The number of rotatable bonds is 6. The van der Waals surface area contributed by atoms with Crippen LogP contribution in [0, 0.1) is 17.8 Å². The Morgan fingerprint density at radius 2 is 1.10 bits per heavy atom. The quantitative estimate of drug-likeness (QED) is 0.367. The second kappa shape index (κ2) is 6.91. The number of hydrogen-bond acceptors (Lipinski definition) is 3. The van der Waals surface area contributed by atoms with Gasteiger partial charge in [-0.2, -0.15) is 0 Å². The minimum atomic E-state index is -4.36. The Balaban J connectivity index is 2.81. The van der Waals surface area contributed by atoms with E-state index in [0.717, 1.165) is 0 Å². The molecule has 6 N–H and O–H groups in total. The molecule has 0 aliphatic heterocycles. The Morgan fingerprint density at radius 3 is 1.52 bits per heavy atom. The summed E-state index contributed by atoms with van der Waals surface area (Å²) in [5.41, 5.74) is 0. The fourth-order valence-electron chi connectivity index (χ4n) is 3.00. The largest absolute Gasteiger partial charge is 0.325 e. The topological polar surface area (TPSA) is 173 Å². The summed E-state index contributed by atoms with van der Waals surface area (Å²) in [7, 11) is -12.9. The zero-order chi connectivity index (χ0) is 16.5. The Kier molecular flexibility index (Phi) is 6.42. The first-order valence-electron chi connectivity index (χ1n) is 6.39. The van der Waals surface area contributed by atoms with Crippen LogP contribution < -0.4 is 0 Å². The Bertz CT molecular complexity index is 489. The average molecular weight is 366 g/mol. The van der Waals surface area contributed by atoms with Crippen molar-refractivity contribution in [2.24, 2.45) is 17.8 Å². The van der Waals surface area contributed by atoms with Gasteiger partial charge in [-0.1, -0.05) is 0 Å². The first-order valence-corrected chi connectivity index (χ1v) is 11.8. The van der Waals surface area contributed by atoms with Gasteiger partial charge in [0, 0.05) is 0 Å². The molecule has 0 aromatic carbocycles. The van der Waals surface area contributed by atoms with Crippen LogP contribution in [0.2, 0.25) is 0 Å². The minimum absolute atomic E-state index is 0.154. The summed E-state index contributed by atoms with van der Waals surface area (Å²) in [6, 6.07) is 0. The van der Waals surface area contributed by atoms with Gasteiger partial charge in [0.2, 0.25) is 0 Å². The van der Waals surface area contributed by atoms with Gasteiger partial charge in [-0.25, -0.2) is 0 Å². The summed E-state index contributed by atoms with van der Waals surface area (Å²) in [6.07, 6.45) is -0.516. The SMILES string of the molecule is O=P(O)(O)CC1CCC(CP(=O)(O)O)[C@H](CP(=O)(O)O)C1. The van der Waals surface area contributed by atoms with E-state index < -0.39 is 52.9 Å². The molecule has 12 heteroatoms. The second-order valence-electron chi connectivity index (χ2n) is 5.74. The van der Waals surface area contributed by atoms with Crippen molar-refractivity contribution in [3.8, 4) is 0 Å². The lowest BCUT2D eigenvalue weighted by molar-refractivity contribution is 0.203.